The summed E-state index contributed by atoms with van der Waals surface area (Å²) >= 11 is 5.80. The third kappa shape index (κ3) is 2.36. The SMILES string of the molecule is CCn1cc(C)nc1Oc1ccc(Cl)cc1. The number of rotatable bonds is 3. The van der Waals surface area contributed by atoms with E-state index in [1.54, 1.807) is 12.1 Å². The second-order valence-electron chi connectivity index (χ2n) is 3.51. The zero-order valence-corrected chi connectivity index (χ0v) is 10.0. The van der Waals surface area contributed by atoms with Crippen LogP contribution in [-0.4, -0.2) is 9.55 Å². The molecular weight excluding hydrogens is 224 g/mol. The van der Waals surface area contributed by atoms with Crippen LogP contribution < -0.4 is 4.74 Å². The quantitative estimate of drug-likeness (QED) is 0.813. The van der Waals surface area contributed by atoms with Crippen molar-refractivity contribution in [2.24, 2.45) is 0 Å². The van der Waals surface area contributed by atoms with E-state index in [0.29, 0.717) is 11.0 Å². The molecule has 0 unspecified atom stereocenters. The highest BCUT2D eigenvalue weighted by molar-refractivity contribution is 6.30. The summed E-state index contributed by atoms with van der Waals surface area (Å²) in [4.78, 5) is 4.31. The Morgan fingerprint density at radius 2 is 2.00 bits per heavy atom. The average Bonchev–Trinajstić information content (AvgIpc) is 2.62. The lowest BCUT2D eigenvalue weighted by Gasteiger charge is -2.06. The van der Waals surface area contributed by atoms with Gasteiger partial charge >= 0.3 is 6.01 Å². The summed E-state index contributed by atoms with van der Waals surface area (Å²) in [7, 11) is 0. The minimum Gasteiger partial charge on any atom is -0.426 e. The fraction of sp³-hybridized carbons (Fsp3) is 0.250. The van der Waals surface area contributed by atoms with E-state index >= 15 is 0 Å². The van der Waals surface area contributed by atoms with Crippen molar-refractivity contribution in [3.05, 3.63) is 41.2 Å². The Hall–Kier alpha value is -1.48. The van der Waals surface area contributed by atoms with Gasteiger partial charge in [0, 0.05) is 17.8 Å². The Morgan fingerprint density at radius 1 is 1.31 bits per heavy atom. The molecule has 0 N–H and O–H groups in total. The number of benzene rings is 1. The van der Waals surface area contributed by atoms with Crippen LogP contribution in [0, 0.1) is 6.92 Å². The Balaban J connectivity index is 2.22. The van der Waals surface area contributed by atoms with E-state index in [-0.39, 0.29) is 0 Å². The molecule has 0 spiro atoms. The van der Waals surface area contributed by atoms with Gasteiger partial charge < -0.3 is 9.30 Å². The average molecular weight is 237 g/mol. The van der Waals surface area contributed by atoms with Crippen LogP contribution in [0.2, 0.25) is 5.02 Å². The highest BCUT2D eigenvalue weighted by Gasteiger charge is 2.06. The molecule has 84 valence electrons. The van der Waals surface area contributed by atoms with Crippen LogP contribution in [-0.2, 0) is 6.54 Å². The predicted molar refractivity (Wildman–Crippen MR) is 64.2 cm³/mol. The van der Waals surface area contributed by atoms with Crippen LogP contribution in [0.25, 0.3) is 0 Å². The van der Waals surface area contributed by atoms with Crippen LogP contribution in [0.4, 0.5) is 0 Å². The third-order valence-corrected chi connectivity index (χ3v) is 2.48. The maximum absolute atomic E-state index is 5.80. The first kappa shape index (κ1) is 11.0. The summed E-state index contributed by atoms with van der Waals surface area (Å²) in [5, 5.41) is 0.697. The number of halogens is 1. The lowest BCUT2D eigenvalue weighted by Crippen LogP contribution is -1.96. The summed E-state index contributed by atoms with van der Waals surface area (Å²) in [6, 6.07) is 7.85. The molecule has 0 aliphatic rings. The van der Waals surface area contributed by atoms with E-state index in [4.69, 9.17) is 16.3 Å². The Morgan fingerprint density at radius 3 is 2.62 bits per heavy atom. The van der Waals surface area contributed by atoms with Crippen LogP contribution >= 0.6 is 11.6 Å². The van der Waals surface area contributed by atoms with Crippen molar-refractivity contribution in [2.75, 3.05) is 0 Å². The molecule has 0 amide bonds. The number of imidazole rings is 1. The molecule has 1 aromatic heterocycles. The molecule has 0 aliphatic heterocycles. The largest absolute Gasteiger partial charge is 0.426 e. The molecule has 1 aromatic carbocycles. The van der Waals surface area contributed by atoms with Gasteiger partial charge in [-0.3, -0.25) is 0 Å². The molecule has 2 rings (SSSR count). The van der Waals surface area contributed by atoms with Crippen LogP contribution in [0.1, 0.15) is 12.6 Å². The number of aryl methyl sites for hydroxylation is 2. The normalized spacial score (nSPS) is 10.4. The molecule has 0 atom stereocenters. The third-order valence-electron chi connectivity index (χ3n) is 2.22. The molecule has 4 heteroatoms. The molecule has 1 heterocycles. The van der Waals surface area contributed by atoms with Gasteiger partial charge in [-0.25, -0.2) is 4.98 Å². The van der Waals surface area contributed by atoms with Gasteiger partial charge in [0.15, 0.2) is 0 Å². The van der Waals surface area contributed by atoms with Crippen molar-refractivity contribution in [3.8, 4) is 11.8 Å². The smallest absolute Gasteiger partial charge is 0.302 e. The molecule has 16 heavy (non-hydrogen) atoms. The number of nitrogens with zero attached hydrogens (tertiary/aromatic N) is 2. The van der Waals surface area contributed by atoms with Gasteiger partial charge in [-0.05, 0) is 38.1 Å². The minimum atomic E-state index is 0.613. The van der Waals surface area contributed by atoms with Crippen molar-refractivity contribution < 1.29 is 4.74 Å². The first-order valence-corrected chi connectivity index (χ1v) is 5.54. The van der Waals surface area contributed by atoms with Gasteiger partial charge in [0.05, 0.1) is 5.69 Å². The zero-order valence-electron chi connectivity index (χ0n) is 9.27. The molecule has 0 aliphatic carbocycles. The van der Waals surface area contributed by atoms with E-state index in [2.05, 4.69) is 11.9 Å². The van der Waals surface area contributed by atoms with Crippen molar-refractivity contribution >= 4 is 11.6 Å². The lowest BCUT2D eigenvalue weighted by atomic mass is 10.3. The highest BCUT2D eigenvalue weighted by atomic mass is 35.5. The summed E-state index contributed by atoms with van der Waals surface area (Å²) in [5.74, 6) is 0.740. The topological polar surface area (TPSA) is 27.1 Å². The van der Waals surface area contributed by atoms with Gasteiger partial charge in [-0.15, -0.1) is 0 Å². The number of hydrogen-bond acceptors (Lipinski definition) is 2. The maximum Gasteiger partial charge on any atom is 0.302 e. The van der Waals surface area contributed by atoms with Gasteiger partial charge in [-0.2, -0.15) is 0 Å². The highest BCUT2D eigenvalue weighted by Crippen LogP contribution is 2.22. The second-order valence-corrected chi connectivity index (χ2v) is 3.94. The van der Waals surface area contributed by atoms with Crippen LogP contribution in [0.5, 0.6) is 11.8 Å². The summed E-state index contributed by atoms with van der Waals surface area (Å²) in [5.41, 5.74) is 0.950. The van der Waals surface area contributed by atoms with Crippen molar-refractivity contribution in [1.29, 1.82) is 0 Å². The first-order valence-electron chi connectivity index (χ1n) is 5.16. The Kier molecular flexibility index (Phi) is 3.15. The fourth-order valence-corrected chi connectivity index (χ4v) is 1.57. The summed E-state index contributed by atoms with van der Waals surface area (Å²) in [6.07, 6.45) is 1.96. The minimum absolute atomic E-state index is 0.613. The molecule has 0 fully saturated rings. The molecule has 0 bridgehead atoms. The Bertz CT molecular complexity index is 476. The predicted octanol–water partition coefficient (Wildman–Crippen LogP) is 3.66. The van der Waals surface area contributed by atoms with Gasteiger partial charge in [0.1, 0.15) is 5.75 Å². The van der Waals surface area contributed by atoms with Crippen LogP contribution in [0.15, 0.2) is 30.5 Å². The van der Waals surface area contributed by atoms with E-state index < -0.39 is 0 Å². The van der Waals surface area contributed by atoms with E-state index in [9.17, 15) is 0 Å². The number of ether oxygens (including phenoxy) is 1. The lowest BCUT2D eigenvalue weighted by molar-refractivity contribution is 0.415. The van der Waals surface area contributed by atoms with Crippen molar-refractivity contribution in [2.45, 2.75) is 20.4 Å². The summed E-state index contributed by atoms with van der Waals surface area (Å²) < 4.78 is 7.63. The molecule has 2 aromatic rings. The van der Waals surface area contributed by atoms with Gasteiger partial charge in [0.2, 0.25) is 0 Å². The molecule has 0 saturated carbocycles. The van der Waals surface area contributed by atoms with Gasteiger partial charge in [0.25, 0.3) is 0 Å². The maximum atomic E-state index is 5.80. The van der Waals surface area contributed by atoms with E-state index in [0.717, 1.165) is 18.0 Å². The molecule has 0 radical (unpaired) electrons. The fourth-order valence-electron chi connectivity index (χ4n) is 1.44. The monoisotopic (exact) mass is 236 g/mol. The van der Waals surface area contributed by atoms with Crippen molar-refractivity contribution in [1.82, 2.24) is 9.55 Å². The molecule has 3 nitrogen and oxygen atoms in total. The van der Waals surface area contributed by atoms with E-state index in [1.165, 1.54) is 0 Å². The number of hydrogen-bond donors (Lipinski definition) is 0. The van der Waals surface area contributed by atoms with E-state index in [1.807, 2.05) is 29.8 Å². The van der Waals surface area contributed by atoms with Crippen LogP contribution in [0.3, 0.4) is 0 Å². The second kappa shape index (κ2) is 4.58. The molecular formula is C12H13ClN2O. The summed E-state index contributed by atoms with van der Waals surface area (Å²) in [6.45, 7) is 4.83. The zero-order chi connectivity index (χ0) is 11.5. The number of aromatic nitrogens is 2. The van der Waals surface area contributed by atoms with Gasteiger partial charge in [-0.1, -0.05) is 11.6 Å². The first-order chi connectivity index (χ1) is 7.69. The standard InChI is InChI=1S/C12H13ClN2O/c1-3-15-8-9(2)14-12(15)16-11-6-4-10(13)5-7-11/h4-8H,3H2,1-2H3. The molecule has 0 saturated heterocycles. The van der Waals surface area contributed by atoms with Crippen molar-refractivity contribution in [3.63, 3.8) is 0 Å². The Labute approximate surface area is 99.6 Å².